The Bertz CT molecular complexity index is 447. The van der Waals surface area contributed by atoms with Crippen LogP contribution in [0.1, 0.15) is 18.4 Å². The topological polar surface area (TPSA) is 49.3 Å². The van der Waals surface area contributed by atoms with Crippen molar-refractivity contribution < 1.29 is 9.90 Å². The van der Waals surface area contributed by atoms with Crippen LogP contribution in [0.2, 0.25) is 5.02 Å². The second-order valence-electron chi connectivity index (χ2n) is 4.74. The molecule has 1 aromatic carbocycles. The summed E-state index contributed by atoms with van der Waals surface area (Å²) in [5.41, 5.74) is -0.165. The van der Waals surface area contributed by atoms with Gasteiger partial charge in [0.1, 0.15) is 5.60 Å². The third-order valence-corrected chi connectivity index (χ3v) is 4.73. The molecular formula is C14H18ClNO2S. The second-order valence-corrected chi connectivity index (χ2v) is 6.37. The van der Waals surface area contributed by atoms with Crippen LogP contribution in [-0.2, 0) is 11.2 Å². The number of amides is 1. The van der Waals surface area contributed by atoms with E-state index in [0.29, 0.717) is 30.8 Å². The SMILES string of the molecule is O=C(NCCc1ccccc1Cl)C1(O)CCSCC1. The standard InChI is InChI=1S/C14H18ClNO2S/c15-12-4-2-1-3-11(12)5-8-16-13(17)14(18)6-9-19-10-7-14/h1-4,18H,5-10H2,(H,16,17). The molecule has 0 spiro atoms. The van der Waals surface area contributed by atoms with E-state index < -0.39 is 5.60 Å². The van der Waals surface area contributed by atoms with Crippen LogP contribution in [0.25, 0.3) is 0 Å². The molecule has 0 aromatic heterocycles. The van der Waals surface area contributed by atoms with E-state index in [-0.39, 0.29) is 5.91 Å². The maximum atomic E-state index is 12.0. The second kappa shape index (κ2) is 6.64. The summed E-state index contributed by atoms with van der Waals surface area (Å²) in [5.74, 6) is 1.43. The van der Waals surface area contributed by atoms with Crippen LogP contribution in [-0.4, -0.2) is 34.7 Å². The summed E-state index contributed by atoms with van der Waals surface area (Å²) in [6.07, 6.45) is 1.75. The number of nitrogens with one attached hydrogen (secondary N) is 1. The fourth-order valence-corrected chi connectivity index (χ4v) is 3.51. The molecule has 0 saturated carbocycles. The molecule has 0 bridgehead atoms. The van der Waals surface area contributed by atoms with Gasteiger partial charge in [-0.2, -0.15) is 11.8 Å². The van der Waals surface area contributed by atoms with Gasteiger partial charge in [-0.15, -0.1) is 0 Å². The summed E-state index contributed by atoms with van der Waals surface area (Å²) >= 11 is 7.83. The monoisotopic (exact) mass is 299 g/mol. The minimum Gasteiger partial charge on any atom is -0.380 e. The quantitative estimate of drug-likeness (QED) is 0.896. The van der Waals surface area contributed by atoms with Gasteiger partial charge in [0.2, 0.25) is 0 Å². The van der Waals surface area contributed by atoms with Crippen molar-refractivity contribution in [2.24, 2.45) is 0 Å². The number of rotatable bonds is 4. The molecule has 1 aliphatic rings. The molecule has 2 rings (SSSR count). The van der Waals surface area contributed by atoms with Crippen molar-refractivity contribution >= 4 is 29.3 Å². The zero-order chi connectivity index (χ0) is 13.7. The number of hydrogen-bond acceptors (Lipinski definition) is 3. The van der Waals surface area contributed by atoms with Gasteiger partial charge in [-0.05, 0) is 42.4 Å². The lowest BCUT2D eigenvalue weighted by molar-refractivity contribution is -0.140. The maximum Gasteiger partial charge on any atom is 0.252 e. The van der Waals surface area contributed by atoms with E-state index in [2.05, 4.69) is 5.32 Å². The van der Waals surface area contributed by atoms with Gasteiger partial charge in [-0.3, -0.25) is 4.79 Å². The first kappa shape index (κ1) is 14.7. The molecule has 2 N–H and O–H groups in total. The van der Waals surface area contributed by atoms with Gasteiger partial charge in [0.25, 0.3) is 5.91 Å². The highest BCUT2D eigenvalue weighted by atomic mass is 35.5. The van der Waals surface area contributed by atoms with Crippen LogP contribution in [0.15, 0.2) is 24.3 Å². The van der Waals surface area contributed by atoms with Gasteiger partial charge in [-0.25, -0.2) is 0 Å². The molecule has 19 heavy (non-hydrogen) atoms. The summed E-state index contributed by atoms with van der Waals surface area (Å²) in [5, 5.41) is 13.8. The summed E-state index contributed by atoms with van der Waals surface area (Å²) in [7, 11) is 0. The van der Waals surface area contributed by atoms with Gasteiger partial charge in [0.15, 0.2) is 0 Å². The largest absolute Gasteiger partial charge is 0.380 e. The van der Waals surface area contributed by atoms with E-state index in [1.54, 1.807) is 11.8 Å². The predicted molar refractivity (Wildman–Crippen MR) is 79.7 cm³/mol. The summed E-state index contributed by atoms with van der Waals surface area (Å²) < 4.78 is 0. The Labute approximate surface area is 122 Å². The van der Waals surface area contributed by atoms with Crippen molar-refractivity contribution in [3.8, 4) is 0 Å². The predicted octanol–water partition coefficient (Wildman–Crippen LogP) is 2.26. The lowest BCUT2D eigenvalue weighted by Gasteiger charge is -2.30. The van der Waals surface area contributed by atoms with Crippen LogP contribution >= 0.6 is 23.4 Å². The molecule has 1 aromatic rings. The van der Waals surface area contributed by atoms with Gasteiger partial charge in [0, 0.05) is 11.6 Å². The Kier molecular flexibility index (Phi) is 5.13. The Hall–Kier alpha value is -0.710. The van der Waals surface area contributed by atoms with E-state index in [1.165, 1.54) is 0 Å². The number of aliphatic hydroxyl groups is 1. The zero-order valence-corrected chi connectivity index (χ0v) is 12.3. The summed E-state index contributed by atoms with van der Waals surface area (Å²) in [4.78, 5) is 12.0. The van der Waals surface area contributed by atoms with Crippen molar-refractivity contribution in [1.82, 2.24) is 5.32 Å². The minimum absolute atomic E-state index is 0.250. The number of hydrogen-bond donors (Lipinski definition) is 2. The Balaban J connectivity index is 1.82. The lowest BCUT2D eigenvalue weighted by Crippen LogP contribution is -2.49. The average molecular weight is 300 g/mol. The number of carbonyl (C=O) groups excluding carboxylic acids is 1. The average Bonchev–Trinajstić information content (AvgIpc) is 2.41. The van der Waals surface area contributed by atoms with E-state index in [9.17, 15) is 9.90 Å². The maximum absolute atomic E-state index is 12.0. The molecule has 1 amide bonds. The van der Waals surface area contributed by atoms with Crippen molar-refractivity contribution in [3.05, 3.63) is 34.9 Å². The van der Waals surface area contributed by atoms with Crippen LogP contribution in [0.4, 0.5) is 0 Å². The van der Waals surface area contributed by atoms with Crippen LogP contribution in [0.3, 0.4) is 0 Å². The first-order valence-corrected chi connectivity index (χ1v) is 7.97. The molecule has 0 unspecified atom stereocenters. The highest BCUT2D eigenvalue weighted by Gasteiger charge is 2.36. The van der Waals surface area contributed by atoms with E-state index in [1.807, 2.05) is 24.3 Å². The van der Waals surface area contributed by atoms with Crippen LogP contribution in [0, 0.1) is 0 Å². The van der Waals surface area contributed by atoms with Crippen molar-refractivity contribution in [1.29, 1.82) is 0 Å². The van der Waals surface area contributed by atoms with Crippen molar-refractivity contribution in [3.63, 3.8) is 0 Å². The first-order valence-electron chi connectivity index (χ1n) is 6.44. The smallest absolute Gasteiger partial charge is 0.252 e. The van der Waals surface area contributed by atoms with Crippen LogP contribution in [0.5, 0.6) is 0 Å². The van der Waals surface area contributed by atoms with Crippen molar-refractivity contribution in [2.75, 3.05) is 18.1 Å². The number of carbonyl (C=O) groups is 1. The normalized spacial score (nSPS) is 18.0. The van der Waals surface area contributed by atoms with Gasteiger partial charge in [0.05, 0.1) is 0 Å². The highest BCUT2D eigenvalue weighted by Crippen LogP contribution is 2.27. The fourth-order valence-electron chi connectivity index (χ4n) is 2.11. The molecule has 1 saturated heterocycles. The molecule has 1 heterocycles. The lowest BCUT2D eigenvalue weighted by atomic mass is 9.96. The molecule has 1 fully saturated rings. The molecular weight excluding hydrogens is 282 g/mol. The first-order chi connectivity index (χ1) is 9.12. The minimum atomic E-state index is -1.17. The molecule has 0 atom stereocenters. The fraction of sp³-hybridized carbons (Fsp3) is 0.500. The Morgan fingerprint density at radius 3 is 2.74 bits per heavy atom. The molecule has 0 aliphatic carbocycles. The molecule has 0 radical (unpaired) electrons. The Morgan fingerprint density at radius 1 is 1.37 bits per heavy atom. The van der Waals surface area contributed by atoms with E-state index in [4.69, 9.17) is 11.6 Å². The molecule has 104 valence electrons. The third-order valence-electron chi connectivity index (χ3n) is 3.38. The highest BCUT2D eigenvalue weighted by molar-refractivity contribution is 7.99. The third kappa shape index (κ3) is 3.88. The van der Waals surface area contributed by atoms with E-state index >= 15 is 0 Å². The number of halogens is 1. The Morgan fingerprint density at radius 2 is 2.05 bits per heavy atom. The van der Waals surface area contributed by atoms with Gasteiger partial charge in [-0.1, -0.05) is 29.8 Å². The number of thioether (sulfide) groups is 1. The zero-order valence-electron chi connectivity index (χ0n) is 10.7. The van der Waals surface area contributed by atoms with Gasteiger partial charge >= 0.3 is 0 Å². The van der Waals surface area contributed by atoms with Crippen LogP contribution < -0.4 is 5.32 Å². The van der Waals surface area contributed by atoms with Gasteiger partial charge < -0.3 is 10.4 Å². The van der Waals surface area contributed by atoms with E-state index in [0.717, 1.165) is 17.1 Å². The summed E-state index contributed by atoms with van der Waals surface area (Å²) in [6.45, 7) is 0.498. The number of benzene rings is 1. The molecule has 5 heteroatoms. The molecule has 1 aliphatic heterocycles. The summed E-state index contributed by atoms with van der Waals surface area (Å²) in [6, 6.07) is 7.59. The molecule has 3 nitrogen and oxygen atoms in total. The van der Waals surface area contributed by atoms with Crippen molar-refractivity contribution in [2.45, 2.75) is 24.9 Å².